The quantitative estimate of drug-likeness (QED) is 0.334. The Labute approximate surface area is 270 Å². The fourth-order valence-corrected chi connectivity index (χ4v) is 7.78. The van der Waals surface area contributed by atoms with E-state index in [4.69, 9.17) is 0 Å². The highest BCUT2D eigenvalue weighted by atomic mass is 14.5. The molecule has 0 aromatic heterocycles. The van der Waals surface area contributed by atoms with E-state index in [2.05, 4.69) is 171 Å². The average molecular weight is 589 g/mol. The lowest BCUT2D eigenvalue weighted by atomic mass is 9.57. The highest BCUT2D eigenvalue weighted by Gasteiger charge is 2.43. The van der Waals surface area contributed by atoms with E-state index in [1.165, 1.54) is 11.1 Å². The first-order valence-electron chi connectivity index (χ1n) is 17.1. The van der Waals surface area contributed by atoms with Crippen molar-refractivity contribution in [2.45, 2.75) is 203 Å². The van der Waals surface area contributed by atoms with E-state index >= 15 is 0 Å². The Balaban J connectivity index is 3.33. The van der Waals surface area contributed by atoms with Gasteiger partial charge in [-0.15, -0.1) is 0 Å². The topological polar surface area (TPSA) is 0 Å². The van der Waals surface area contributed by atoms with Crippen molar-refractivity contribution in [2.24, 2.45) is 0 Å². The summed E-state index contributed by atoms with van der Waals surface area (Å²) in [6.45, 7) is 53.7. The maximum atomic E-state index is 2.53. The monoisotopic (exact) mass is 589 g/mol. The second-order valence-corrected chi connectivity index (χ2v) is 21.0. The molecule has 0 N–H and O–H groups in total. The molecule has 0 saturated carbocycles. The molecule has 0 bridgehead atoms. The van der Waals surface area contributed by atoms with E-state index in [1.54, 1.807) is 38.9 Å². The Morgan fingerprint density at radius 2 is 0.698 bits per heavy atom. The van der Waals surface area contributed by atoms with Crippen LogP contribution in [0.2, 0.25) is 0 Å². The minimum atomic E-state index is 0.00271. The number of rotatable bonds is 3. The van der Waals surface area contributed by atoms with Crippen LogP contribution in [0.3, 0.4) is 0 Å². The van der Waals surface area contributed by atoms with E-state index in [-0.39, 0.29) is 37.9 Å². The summed E-state index contributed by atoms with van der Waals surface area (Å²) in [5.41, 5.74) is 14.3. The van der Waals surface area contributed by atoms with Crippen molar-refractivity contribution in [1.82, 2.24) is 0 Å². The summed E-state index contributed by atoms with van der Waals surface area (Å²) < 4.78 is 0. The minimum absolute atomic E-state index is 0.00271. The van der Waals surface area contributed by atoms with Crippen LogP contribution in [-0.2, 0) is 44.3 Å². The normalized spacial score (nSPS) is 15.2. The molecule has 0 spiro atoms. The van der Waals surface area contributed by atoms with Crippen LogP contribution in [0.5, 0.6) is 0 Å². The minimum Gasteiger partial charge on any atom is -0.0617 e. The van der Waals surface area contributed by atoms with Gasteiger partial charge in [0.15, 0.2) is 0 Å². The summed E-state index contributed by atoms with van der Waals surface area (Å²) in [7, 11) is 0. The first-order chi connectivity index (χ1) is 18.7. The third-order valence-corrected chi connectivity index (χ3v) is 9.02. The predicted octanol–water partition coefficient (Wildman–Crippen LogP) is 13.1. The first-order valence-corrected chi connectivity index (χ1v) is 17.1. The Hall–Kier alpha value is -1.56. The Morgan fingerprint density at radius 1 is 0.395 bits per heavy atom. The maximum absolute atomic E-state index is 2.53. The van der Waals surface area contributed by atoms with E-state index < -0.39 is 0 Å². The average Bonchev–Trinajstić information content (AvgIpc) is 2.72. The molecule has 2 rings (SSSR count). The van der Waals surface area contributed by atoms with Crippen molar-refractivity contribution >= 4 is 0 Å². The zero-order valence-corrected chi connectivity index (χ0v) is 33.0. The van der Waals surface area contributed by atoms with Crippen LogP contribution in [0.4, 0.5) is 0 Å². The summed E-state index contributed by atoms with van der Waals surface area (Å²) in [5, 5.41) is 0. The maximum Gasteiger partial charge on any atom is -0.0126 e. The second kappa shape index (κ2) is 11.4. The van der Waals surface area contributed by atoms with Gasteiger partial charge in [-0.25, -0.2) is 0 Å². The van der Waals surface area contributed by atoms with Crippen molar-refractivity contribution in [3.63, 3.8) is 0 Å². The zero-order valence-electron chi connectivity index (χ0n) is 33.0. The van der Waals surface area contributed by atoms with Gasteiger partial charge in [0, 0.05) is 0 Å². The molecule has 0 amide bonds. The predicted molar refractivity (Wildman–Crippen MR) is 196 cm³/mol. The summed E-state index contributed by atoms with van der Waals surface area (Å²) in [6.07, 6.45) is 1.05. The Kier molecular flexibility index (Phi) is 9.93. The molecule has 0 nitrogen and oxygen atoms in total. The third kappa shape index (κ3) is 8.00. The second-order valence-electron chi connectivity index (χ2n) is 21.0. The van der Waals surface area contributed by atoms with Crippen molar-refractivity contribution < 1.29 is 0 Å². The highest BCUT2D eigenvalue weighted by molar-refractivity contribution is 5.63. The Morgan fingerprint density at radius 3 is 0.977 bits per heavy atom. The molecule has 0 saturated heterocycles. The first kappa shape index (κ1) is 37.6. The molecule has 43 heavy (non-hydrogen) atoms. The van der Waals surface area contributed by atoms with E-state index in [9.17, 15) is 0 Å². The van der Waals surface area contributed by atoms with Gasteiger partial charge in [0.25, 0.3) is 0 Å². The van der Waals surface area contributed by atoms with Gasteiger partial charge >= 0.3 is 0 Å². The Bertz CT molecular complexity index is 1240. The van der Waals surface area contributed by atoms with Crippen LogP contribution in [0.25, 0.3) is 0 Å². The molecule has 1 atom stereocenters. The molecule has 0 heteroatoms. The van der Waals surface area contributed by atoms with Crippen LogP contribution in [0.15, 0.2) is 18.2 Å². The molecule has 0 heterocycles. The fraction of sp³-hybridized carbons (Fsp3) is 0.721. The molecule has 1 unspecified atom stereocenters. The standard InChI is InChI=1S/C43H72/c1-27(26-28-24-23-25-29(37(2,3)4)31(28)38(5,6)7)30-32(39(8,9)10)34(41(14,15)16)36(43(20,21)22)35(42(17,18)19)33(30)40(11,12)13/h23-25,27H,26H2,1-22H3. The van der Waals surface area contributed by atoms with Gasteiger partial charge in [-0.3, -0.25) is 0 Å². The van der Waals surface area contributed by atoms with Crippen molar-refractivity contribution in [2.75, 3.05) is 0 Å². The lowest BCUT2D eigenvalue weighted by Gasteiger charge is -2.47. The summed E-state index contributed by atoms with van der Waals surface area (Å²) in [5.74, 6) is 0.371. The molecule has 0 fully saturated rings. The van der Waals surface area contributed by atoms with Gasteiger partial charge in [-0.2, -0.15) is 0 Å². The molecule has 0 aliphatic carbocycles. The van der Waals surface area contributed by atoms with E-state index in [0.717, 1.165) is 6.42 Å². The van der Waals surface area contributed by atoms with Crippen LogP contribution in [0.1, 0.15) is 208 Å². The fourth-order valence-electron chi connectivity index (χ4n) is 7.78. The SMILES string of the molecule is CC(Cc1cccc(C(C)(C)C)c1C(C)(C)C)c1c(C(C)(C)C)c(C(C)(C)C)c(C(C)(C)C)c(C(C)(C)C)c1C(C)(C)C. The zero-order chi connectivity index (χ0) is 34.1. The summed E-state index contributed by atoms with van der Waals surface area (Å²) >= 11 is 0. The summed E-state index contributed by atoms with van der Waals surface area (Å²) in [6, 6.07) is 7.12. The van der Waals surface area contributed by atoms with E-state index in [1.807, 2.05) is 0 Å². The highest BCUT2D eigenvalue weighted by Crippen LogP contribution is 2.53. The third-order valence-electron chi connectivity index (χ3n) is 9.02. The molecule has 0 radical (unpaired) electrons. The lowest BCUT2D eigenvalue weighted by Crippen LogP contribution is -2.38. The molecule has 244 valence electrons. The van der Waals surface area contributed by atoms with Crippen LogP contribution in [0, 0.1) is 0 Å². The van der Waals surface area contributed by atoms with Crippen LogP contribution in [-0.4, -0.2) is 0 Å². The van der Waals surface area contributed by atoms with Gasteiger partial charge in [-0.1, -0.05) is 171 Å². The molecule has 2 aromatic rings. The largest absolute Gasteiger partial charge is 0.0617 e. The van der Waals surface area contributed by atoms with E-state index in [0.29, 0.717) is 5.92 Å². The van der Waals surface area contributed by atoms with Gasteiger partial charge in [0.2, 0.25) is 0 Å². The molecular weight excluding hydrogens is 516 g/mol. The van der Waals surface area contributed by atoms with Crippen molar-refractivity contribution in [3.8, 4) is 0 Å². The molecule has 0 aliphatic heterocycles. The van der Waals surface area contributed by atoms with Crippen LogP contribution < -0.4 is 0 Å². The van der Waals surface area contributed by atoms with Crippen molar-refractivity contribution in [1.29, 1.82) is 0 Å². The van der Waals surface area contributed by atoms with Gasteiger partial charge < -0.3 is 0 Å². The van der Waals surface area contributed by atoms with Crippen LogP contribution >= 0.6 is 0 Å². The molecular formula is C43H72. The lowest BCUT2D eigenvalue weighted by molar-refractivity contribution is 0.448. The van der Waals surface area contributed by atoms with Gasteiger partial charge in [-0.05, 0) is 100 Å². The number of hydrogen-bond donors (Lipinski definition) is 0. The van der Waals surface area contributed by atoms with Gasteiger partial charge in [0.05, 0.1) is 0 Å². The molecule has 0 aliphatic rings. The number of hydrogen-bond acceptors (Lipinski definition) is 0. The van der Waals surface area contributed by atoms with Crippen molar-refractivity contribution in [3.05, 3.63) is 68.3 Å². The smallest absolute Gasteiger partial charge is 0.0126 e. The molecule has 2 aromatic carbocycles. The summed E-state index contributed by atoms with van der Waals surface area (Å²) in [4.78, 5) is 0. The van der Waals surface area contributed by atoms with Gasteiger partial charge in [0.1, 0.15) is 0 Å². The number of benzene rings is 2.